The second-order valence-electron chi connectivity index (χ2n) is 5.42. The molecule has 0 radical (unpaired) electrons. The van der Waals surface area contributed by atoms with Gasteiger partial charge in [-0.3, -0.25) is 9.59 Å². The van der Waals surface area contributed by atoms with E-state index in [0.717, 1.165) is 11.3 Å². The van der Waals surface area contributed by atoms with Gasteiger partial charge < -0.3 is 20.1 Å². The number of rotatable bonds is 7. The lowest BCUT2D eigenvalue weighted by molar-refractivity contribution is -0.123. The maximum Gasteiger partial charge on any atom is 0.258 e. The number of carbonyl (C=O) groups excluding carboxylic acids is 2. The van der Waals surface area contributed by atoms with E-state index >= 15 is 0 Å². The molecule has 25 heavy (non-hydrogen) atoms. The molecule has 0 aliphatic carbocycles. The number of aromatic nitrogens is 1. The second-order valence-corrected chi connectivity index (χ2v) is 5.42. The maximum absolute atomic E-state index is 12.0. The van der Waals surface area contributed by atoms with E-state index in [0.29, 0.717) is 11.6 Å². The zero-order valence-electron chi connectivity index (χ0n) is 14.4. The van der Waals surface area contributed by atoms with E-state index in [4.69, 9.17) is 9.47 Å². The molecule has 7 nitrogen and oxygen atoms in total. The van der Waals surface area contributed by atoms with Crippen LogP contribution in [0.25, 0.3) is 0 Å². The monoisotopic (exact) mass is 343 g/mol. The summed E-state index contributed by atoms with van der Waals surface area (Å²) in [7, 11) is 1.61. The largest absolute Gasteiger partial charge is 0.497 e. The highest BCUT2D eigenvalue weighted by Gasteiger charge is 2.10. The zero-order chi connectivity index (χ0) is 18.2. The Balaban J connectivity index is 1.82. The normalized spacial score (nSPS) is 11.3. The number of methoxy groups -OCH3 is 1. The molecule has 1 aromatic carbocycles. The molecule has 7 heteroatoms. The molecule has 132 valence electrons. The molecule has 0 fully saturated rings. The smallest absolute Gasteiger partial charge is 0.258 e. The molecule has 1 atom stereocenters. The van der Waals surface area contributed by atoms with Crippen molar-refractivity contribution in [2.45, 2.75) is 19.9 Å². The quantitative estimate of drug-likeness (QED) is 0.805. The van der Waals surface area contributed by atoms with Gasteiger partial charge in [0.1, 0.15) is 5.75 Å². The Hall–Kier alpha value is -3.09. The minimum absolute atomic E-state index is 0.146. The SMILES string of the molecule is COc1ccc([C@@H](C)NC(=O)COc2ccc(NC(C)=O)cn2)cc1. The highest BCUT2D eigenvalue weighted by Crippen LogP contribution is 2.17. The number of ether oxygens (including phenoxy) is 2. The van der Waals surface area contributed by atoms with Crippen LogP contribution in [0.15, 0.2) is 42.6 Å². The van der Waals surface area contributed by atoms with Crippen molar-refractivity contribution < 1.29 is 19.1 Å². The van der Waals surface area contributed by atoms with Gasteiger partial charge in [-0.05, 0) is 30.7 Å². The van der Waals surface area contributed by atoms with Gasteiger partial charge in [0.25, 0.3) is 5.91 Å². The summed E-state index contributed by atoms with van der Waals surface area (Å²) >= 11 is 0. The third-order valence-corrected chi connectivity index (χ3v) is 3.40. The van der Waals surface area contributed by atoms with Crippen molar-refractivity contribution in [3.05, 3.63) is 48.2 Å². The van der Waals surface area contributed by atoms with Gasteiger partial charge in [0.05, 0.1) is 25.0 Å². The van der Waals surface area contributed by atoms with E-state index in [1.165, 1.54) is 13.1 Å². The summed E-state index contributed by atoms with van der Waals surface area (Å²) in [5.41, 5.74) is 1.53. The standard InChI is InChI=1S/C18H21N3O4/c1-12(14-4-7-16(24-3)8-5-14)20-17(23)11-25-18-9-6-15(10-19-18)21-13(2)22/h4-10,12H,11H2,1-3H3,(H,20,23)(H,21,22)/t12-/m1/s1. The Kier molecular flexibility index (Phi) is 6.33. The van der Waals surface area contributed by atoms with Crippen LogP contribution in [0.2, 0.25) is 0 Å². The van der Waals surface area contributed by atoms with Crippen LogP contribution in [-0.4, -0.2) is 30.5 Å². The Labute approximate surface area is 146 Å². The Bertz CT molecular complexity index is 714. The highest BCUT2D eigenvalue weighted by molar-refractivity contribution is 5.88. The first-order valence-electron chi connectivity index (χ1n) is 7.77. The van der Waals surface area contributed by atoms with Crippen LogP contribution in [0.4, 0.5) is 5.69 Å². The molecule has 2 amide bonds. The number of anilines is 1. The molecule has 0 unspecified atom stereocenters. The van der Waals surface area contributed by atoms with Gasteiger partial charge in [-0.25, -0.2) is 4.98 Å². The van der Waals surface area contributed by atoms with Crippen molar-refractivity contribution >= 4 is 17.5 Å². The number of pyridine rings is 1. The topological polar surface area (TPSA) is 89.5 Å². The number of hydrogen-bond acceptors (Lipinski definition) is 5. The third-order valence-electron chi connectivity index (χ3n) is 3.40. The molecule has 1 aromatic heterocycles. The van der Waals surface area contributed by atoms with Crippen molar-refractivity contribution in [2.75, 3.05) is 19.0 Å². The van der Waals surface area contributed by atoms with E-state index in [9.17, 15) is 9.59 Å². The lowest BCUT2D eigenvalue weighted by Gasteiger charge is -2.15. The first kappa shape index (κ1) is 18.3. The molecule has 0 bridgehead atoms. The summed E-state index contributed by atoms with van der Waals surface area (Å²) in [6.45, 7) is 3.16. The molecule has 2 aromatic rings. The van der Waals surface area contributed by atoms with Crippen molar-refractivity contribution in [2.24, 2.45) is 0 Å². The van der Waals surface area contributed by atoms with Gasteiger partial charge in [0, 0.05) is 13.0 Å². The molecule has 0 spiro atoms. The summed E-state index contributed by atoms with van der Waals surface area (Å²) in [6, 6.07) is 10.6. The maximum atomic E-state index is 12.0. The predicted molar refractivity (Wildman–Crippen MR) is 93.6 cm³/mol. The molecule has 0 aliphatic rings. The predicted octanol–water partition coefficient (Wildman–Crippen LogP) is 2.30. The van der Waals surface area contributed by atoms with E-state index in [1.807, 2.05) is 31.2 Å². The average molecular weight is 343 g/mol. The third kappa shape index (κ3) is 5.80. The molecule has 1 heterocycles. The second kappa shape index (κ2) is 8.68. The van der Waals surface area contributed by atoms with Crippen molar-refractivity contribution in [3.63, 3.8) is 0 Å². The number of carbonyl (C=O) groups is 2. The number of amides is 2. The van der Waals surface area contributed by atoms with Gasteiger partial charge in [-0.1, -0.05) is 12.1 Å². The lowest BCUT2D eigenvalue weighted by Crippen LogP contribution is -2.31. The van der Waals surface area contributed by atoms with Crippen molar-refractivity contribution in [3.8, 4) is 11.6 Å². The molecular weight excluding hydrogens is 322 g/mol. The first-order valence-corrected chi connectivity index (χ1v) is 7.77. The Morgan fingerprint density at radius 1 is 1.16 bits per heavy atom. The minimum Gasteiger partial charge on any atom is -0.497 e. The van der Waals surface area contributed by atoms with Gasteiger partial charge >= 0.3 is 0 Å². The van der Waals surface area contributed by atoms with Gasteiger partial charge in [-0.15, -0.1) is 0 Å². The Morgan fingerprint density at radius 2 is 1.88 bits per heavy atom. The summed E-state index contributed by atoms with van der Waals surface area (Å²) in [5, 5.41) is 5.46. The fourth-order valence-corrected chi connectivity index (χ4v) is 2.14. The van der Waals surface area contributed by atoms with Crippen LogP contribution in [0.1, 0.15) is 25.5 Å². The zero-order valence-corrected chi connectivity index (χ0v) is 14.4. The van der Waals surface area contributed by atoms with Crippen LogP contribution < -0.4 is 20.1 Å². The van der Waals surface area contributed by atoms with Crippen LogP contribution in [-0.2, 0) is 9.59 Å². The van der Waals surface area contributed by atoms with E-state index < -0.39 is 0 Å². The van der Waals surface area contributed by atoms with E-state index in [2.05, 4.69) is 15.6 Å². The Morgan fingerprint density at radius 3 is 2.44 bits per heavy atom. The number of nitrogens with one attached hydrogen (secondary N) is 2. The summed E-state index contributed by atoms with van der Waals surface area (Å²) in [6.07, 6.45) is 1.47. The minimum atomic E-state index is -0.254. The average Bonchev–Trinajstić information content (AvgIpc) is 2.60. The summed E-state index contributed by atoms with van der Waals surface area (Å²) in [4.78, 5) is 27.0. The van der Waals surface area contributed by atoms with Crippen LogP contribution >= 0.6 is 0 Å². The first-order chi connectivity index (χ1) is 12.0. The number of hydrogen-bond donors (Lipinski definition) is 2. The summed E-state index contributed by atoms with van der Waals surface area (Å²) < 4.78 is 10.5. The molecule has 2 N–H and O–H groups in total. The van der Waals surface area contributed by atoms with Crippen molar-refractivity contribution in [1.29, 1.82) is 0 Å². The van der Waals surface area contributed by atoms with Crippen molar-refractivity contribution in [1.82, 2.24) is 10.3 Å². The molecule has 0 saturated heterocycles. The highest BCUT2D eigenvalue weighted by atomic mass is 16.5. The fourth-order valence-electron chi connectivity index (χ4n) is 2.14. The van der Waals surface area contributed by atoms with Gasteiger partial charge in [-0.2, -0.15) is 0 Å². The van der Waals surface area contributed by atoms with Gasteiger partial charge in [0.15, 0.2) is 6.61 Å². The molecule has 0 aliphatic heterocycles. The van der Waals surface area contributed by atoms with E-state index in [1.54, 1.807) is 19.2 Å². The molecule has 0 saturated carbocycles. The number of benzene rings is 1. The van der Waals surface area contributed by atoms with Crippen LogP contribution in [0.3, 0.4) is 0 Å². The lowest BCUT2D eigenvalue weighted by atomic mass is 10.1. The van der Waals surface area contributed by atoms with E-state index in [-0.39, 0.29) is 24.5 Å². The fraction of sp³-hybridized carbons (Fsp3) is 0.278. The summed E-state index contributed by atoms with van der Waals surface area (Å²) in [5.74, 6) is 0.638. The van der Waals surface area contributed by atoms with Crippen LogP contribution in [0.5, 0.6) is 11.6 Å². The molecule has 2 rings (SSSR count). The number of nitrogens with zero attached hydrogens (tertiary/aromatic N) is 1. The van der Waals surface area contributed by atoms with Gasteiger partial charge in [0.2, 0.25) is 11.8 Å². The van der Waals surface area contributed by atoms with Crippen LogP contribution in [0, 0.1) is 0 Å². The molecular formula is C18H21N3O4.